The highest BCUT2D eigenvalue weighted by molar-refractivity contribution is 7.84. The molecule has 0 aromatic heterocycles. The smallest absolute Gasteiger partial charge is 0.293 e. The third-order valence-corrected chi connectivity index (χ3v) is 3.54. The summed E-state index contributed by atoms with van der Waals surface area (Å²) in [7, 11) is -0.870. The molecule has 0 aliphatic carbocycles. The molecule has 0 amide bonds. The van der Waals surface area contributed by atoms with Crippen LogP contribution in [0.4, 0.5) is 11.4 Å². The van der Waals surface area contributed by atoms with Crippen molar-refractivity contribution in [1.82, 2.24) is 0 Å². The van der Waals surface area contributed by atoms with Crippen molar-refractivity contribution >= 4 is 33.8 Å². The summed E-state index contributed by atoms with van der Waals surface area (Å²) in [6.45, 7) is 1.87. The van der Waals surface area contributed by atoms with Crippen LogP contribution in [0.1, 0.15) is 13.3 Å². The van der Waals surface area contributed by atoms with Crippen LogP contribution in [-0.2, 0) is 10.8 Å². The number of nitrogens with one attached hydrogen (secondary N) is 1. The topological polar surface area (TPSA) is 72.2 Å². The Morgan fingerprint density at radius 1 is 1.56 bits per heavy atom. The average Bonchev–Trinajstić information content (AvgIpc) is 2.28. The van der Waals surface area contributed by atoms with E-state index < -0.39 is 15.7 Å². The summed E-state index contributed by atoms with van der Waals surface area (Å²) >= 11 is 5.95. The van der Waals surface area contributed by atoms with E-state index in [0.717, 1.165) is 0 Å². The molecule has 2 unspecified atom stereocenters. The molecule has 0 radical (unpaired) electrons. The lowest BCUT2D eigenvalue weighted by molar-refractivity contribution is -0.384. The minimum absolute atomic E-state index is 0.0347. The minimum atomic E-state index is -0.870. The van der Waals surface area contributed by atoms with Crippen molar-refractivity contribution in [2.24, 2.45) is 0 Å². The van der Waals surface area contributed by atoms with Gasteiger partial charge >= 0.3 is 0 Å². The molecule has 0 spiro atoms. The van der Waals surface area contributed by atoms with Crippen molar-refractivity contribution < 1.29 is 9.13 Å². The van der Waals surface area contributed by atoms with Gasteiger partial charge in [-0.05, 0) is 19.4 Å². The van der Waals surface area contributed by atoms with Gasteiger partial charge in [-0.3, -0.25) is 14.3 Å². The maximum Gasteiger partial charge on any atom is 0.293 e. The van der Waals surface area contributed by atoms with Gasteiger partial charge < -0.3 is 5.32 Å². The highest BCUT2D eigenvalue weighted by Crippen LogP contribution is 2.32. The molecule has 100 valence electrons. The number of anilines is 1. The Bertz CT molecular complexity index is 468. The van der Waals surface area contributed by atoms with Crippen molar-refractivity contribution in [2.45, 2.75) is 19.4 Å². The predicted octanol–water partition coefficient (Wildman–Crippen LogP) is 2.82. The van der Waals surface area contributed by atoms with Gasteiger partial charge in [0, 0.05) is 34.9 Å². The molecule has 0 heterocycles. The molecular formula is C11H15ClN2O3S. The van der Waals surface area contributed by atoms with E-state index in [1.807, 2.05) is 6.92 Å². The largest absolute Gasteiger partial charge is 0.376 e. The van der Waals surface area contributed by atoms with E-state index in [1.54, 1.807) is 12.3 Å². The molecule has 0 fully saturated rings. The van der Waals surface area contributed by atoms with E-state index in [0.29, 0.717) is 22.9 Å². The lowest BCUT2D eigenvalue weighted by Gasteiger charge is -2.15. The van der Waals surface area contributed by atoms with Crippen LogP contribution in [0.3, 0.4) is 0 Å². The van der Waals surface area contributed by atoms with Crippen LogP contribution < -0.4 is 5.32 Å². The fourth-order valence-electron chi connectivity index (χ4n) is 1.47. The molecule has 1 rings (SSSR count). The quantitative estimate of drug-likeness (QED) is 0.646. The highest BCUT2D eigenvalue weighted by atomic mass is 35.5. The minimum Gasteiger partial charge on any atom is -0.376 e. The lowest BCUT2D eigenvalue weighted by atomic mass is 10.2. The van der Waals surface area contributed by atoms with Crippen LogP contribution in [-0.4, -0.2) is 27.2 Å². The molecule has 18 heavy (non-hydrogen) atoms. The van der Waals surface area contributed by atoms with Gasteiger partial charge in [0.2, 0.25) is 0 Å². The number of halogens is 1. The molecule has 1 aromatic rings. The van der Waals surface area contributed by atoms with Gasteiger partial charge in [0.15, 0.2) is 0 Å². The normalized spacial score (nSPS) is 13.9. The number of nitro groups is 1. The van der Waals surface area contributed by atoms with Crippen LogP contribution in [0.25, 0.3) is 0 Å². The molecule has 0 aliphatic rings. The Balaban J connectivity index is 2.83. The van der Waals surface area contributed by atoms with E-state index in [-0.39, 0.29) is 11.7 Å². The lowest BCUT2D eigenvalue weighted by Crippen LogP contribution is -2.18. The highest BCUT2D eigenvalue weighted by Gasteiger charge is 2.18. The predicted molar refractivity (Wildman–Crippen MR) is 74.7 cm³/mol. The Morgan fingerprint density at radius 2 is 2.22 bits per heavy atom. The van der Waals surface area contributed by atoms with Crippen LogP contribution >= 0.6 is 11.6 Å². The van der Waals surface area contributed by atoms with Crippen LogP contribution in [0.2, 0.25) is 5.02 Å². The van der Waals surface area contributed by atoms with Gasteiger partial charge in [0.05, 0.1) is 9.95 Å². The zero-order valence-electron chi connectivity index (χ0n) is 10.2. The number of nitrogens with zero attached hydrogens (tertiary/aromatic N) is 1. The summed E-state index contributed by atoms with van der Waals surface area (Å²) in [5.74, 6) is 0.548. The molecule has 2 atom stereocenters. The molecular weight excluding hydrogens is 276 g/mol. The number of nitro benzene ring substituents is 1. The van der Waals surface area contributed by atoms with Crippen molar-refractivity contribution in [3.8, 4) is 0 Å². The summed E-state index contributed by atoms with van der Waals surface area (Å²) in [6.07, 6.45) is 2.29. The second kappa shape index (κ2) is 6.70. The fourth-order valence-corrected chi connectivity index (χ4v) is 2.38. The first-order valence-corrected chi connectivity index (χ1v) is 7.51. The fraction of sp³-hybridized carbons (Fsp3) is 0.455. The molecule has 0 saturated carbocycles. The van der Waals surface area contributed by atoms with Crippen molar-refractivity contribution in [1.29, 1.82) is 0 Å². The Hall–Kier alpha value is -1.14. The third kappa shape index (κ3) is 4.27. The number of benzene rings is 1. The van der Waals surface area contributed by atoms with Crippen LogP contribution in [0.15, 0.2) is 18.2 Å². The summed E-state index contributed by atoms with van der Waals surface area (Å²) in [4.78, 5) is 10.4. The second-order valence-corrected chi connectivity index (χ2v) is 5.96. The summed E-state index contributed by atoms with van der Waals surface area (Å²) in [5.41, 5.74) is 0.269. The molecule has 0 aliphatic heterocycles. The standard InChI is InChI=1S/C11H15ClN2O3S/c1-8(6-7-18(2)17)13-11-9(12)4-3-5-10(11)14(15)16/h3-5,8,13H,6-7H2,1-2H3. The van der Waals surface area contributed by atoms with Gasteiger partial charge in [-0.2, -0.15) is 0 Å². The van der Waals surface area contributed by atoms with E-state index in [4.69, 9.17) is 11.6 Å². The first-order chi connectivity index (χ1) is 8.41. The van der Waals surface area contributed by atoms with Gasteiger partial charge in [-0.25, -0.2) is 0 Å². The van der Waals surface area contributed by atoms with Gasteiger partial charge in [-0.1, -0.05) is 17.7 Å². The summed E-state index contributed by atoms with van der Waals surface area (Å²) in [6, 6.07) is 4.50. The van der Waals surface area contributed by atoms with E-state index >= 15 is 0 Å². The first-order valence-electron chi connectivity index (χ1n) is 5.41. The molecule has 1 aromatic carbocycles. The summed E-state index contributed by atoms with van der Waals surface area (Å²) < 4.78 is 11.0. The number of para-hydroxylation sites is 1. The zero-order valence-corrected chi connectivity index (χ0v) is 11.8. The maximum atomic E-state index is 11.0. The van der Waals surface area contributed by atoms with Crippen LogP contribution in [0, 0.1) is 10.1 Å². The number of rotatable bonds is 6. The molecule has 0 bridgehead atoms. The molecule has 0 saturated heterocycles. The van der Waals surface area contributed by atoms with Gasteiger partial charge in [0.25, 0.3) is 5.69 Å². The Labute approximate surface area is 113 Å². The molecule has 5 nitrogen and oxygen atoms in total. The van der Waals surface area contributed by atoms with E-state index in [9.17, 15) is 14.3 Å². The summed E-state index contributed by atoms with van der Waals surface area (Å²) in [5, 5.41) is 14.2. The zero-order chi connectivity index (χ0) is 13.7. The van der Waals surface area contributed by atoms with E-state index in [1.165, 1.54) is 12.1 Å². The van der Waals surface area contributed by atoms with Crippen molar-refractivity contribution in [3.05, 3.63) is 33.3 Å². The Morgan fingerprint density at radius 3 is 2.78 bits per heavy atom. The SMILES string of the molecule is CC(CCS(C)=O)Nc1c(Cl)cccc1[N+](=O)[O-]. The molecule has 7 heteroatoms. The van der Waals surface area contributed by atoms with Crippen molar-refractivity contribution in [2.75, 3.05) is 17.3 Å². The molecule has 1 N–H and O–H groups in total. The van der Waals surface area contributed by atoms with E-state index in [2.05, 4.69) is 5.32 Å². The average molecular weight is 291 g/mol. The maximum absolute atomic E-state index is 11.0. The third-order valence-electron chi connectivity index (χ3n) is 2.42. The van der Waals surface area contributed by atoms with Crippen LogP contribution in [0.5, 0.6) is 0 Å². The number of hydrogen-bond acceptors (Lipinski definition) is 4. The van der Waals surface area contributed by atoms with Gasteiger partial charge in [0.1, 0.15) is 5.69 Å². The van der Waals surface area contributed by atoms with Crippen molar-refractivity contribution in [3.63, 3.8) is 0 Å². The second-order valence-electron chi connectivity index (χ2n) is 4.00. The first kappa shape index (κ1) is 14.9. The Kier molecular flexibility index (Phi) is 5.55. The number of hydrogen-bond donors (Lipinski definition) is 1. The van der Waals surface area contributed by atoms with Gasteiger partial charge in [-0.15, -0.1) is 0 Å². The monoisotopic (exact) mass is 290 g/mol.